The molecule has 0 aliphatic heterocycles. The van der Waals surface area contributed by atoms with E-state index in [9.17, 15) is 4.57 Å². The van der Waals surface area contributed by atoms with Crippen molar-refractivity contribution < 1.29 is 9.09 Å². The molecule has 1 unspecified atom stereocenters. The fraction of sp³-hybridized carbons (Fsp3) is 0.417. The van der Waals surface area contributed by atoms with Crippen LogP contribution in [0.5, 0.6) is 0 Å². The second-order valence-corrected chi connectivity index (χ2v) is 10.0. The topological polar surface area (TPSA) is 26.3 Å². The molecule has 2 aromatic carbocycles. The Hall–Kier alpha value is -1.81. The molecule has 0 spiro atoms. The summed E-state index contributed by atoms with van der Waals surface area (Å²) in [6, 6.07) is 19.2. The maximum absolute atomic E-state index is 13.9. The van der Waals surface area contributed by atoms with Crippen molar-refractivity contribution in [2.45, 2.75) is 46.1 Å². The molecule has 1 saturated carbocycles. The SMILES string of the molecule is CC(C)[C@@H]1CC[C@H](C)C[C@H]1OP(=O)(C#Cc1ccccc1)c1ccccc1. The Kier molecular flexibility index (Phi) is 6.59. The average Bonchev–Trinajstić information content (AvgIpc) is 2.68. The molecule has 0 bridgehead atoms. The first-order valence-corrected chi connectivity index (χ1v) is 11.5. The third-order valence-electron chi connectivity index (χ3n) is 5.46. The van der Waals surface area contributed by atoms with Crippen LogP contribution in [0.25, 0.3) is 0 Å². The molecule has 27 heavy (non-hydrogen) atoms. The third-order valence-corrected chi connectivity index (χ3v) is 7.41. The van der Waals surface area contributed by atoms with Crippen LogP contribution in [0.4, 0.5) is 0 Å². The van der Waals surface area contributed by atoms with Crippen LogP contribution in [0.2, 0.25) is 0 Å². The van der Waals surface area contributed by atoms with E-state index in [4.69, 9.17) is 4.52 Å². The number of hydrogen-bond donors (Lipinski definition) is 0. The molecule has 1 aliphatic carbocycles. The van der Waals surface area contributed by atoms with Crippen molar-refractivity contribution >= 4 is 12.7 Å². The van der Waals surface area contributed by atoms with E-state index in [0.29, 0.717) is 23.1 Å². The van der Waals surface area contributed by atoms with Crippen LogP contribution < -0.4 is 5.30 Å². The van der Waals surface area contributed by atoms with E-state index in [2.05, 4.69) is 32.4 Å². The average molecular weight is 380 g/mol. The van der Waals surface area contributed by atoms with Crippen LogP contribution in [-0.2, 0) is 9.09 Å². The van der Waals surface area contributed by atoms with Crippen LogP contribution in [-0.4, -0.2) is 6.10 Å². The molecule has 1 fully saturated rings. The first-order chi connectivity index (χ1) is 13.0. The molecule has 0 heterocycles. The lowest BCUT2D eigenvalue weighted by Gasteiger charge is -2.38. The Morgan fingerprint density at radius 1 is 1.00 bits per heavy atom. The van der Waals surface area contributed by atoms with Gasteiger partial charge in [0, 0.05) is 10.9 Å². The molecule has 3 heteroatoms. The smallest absolute Gasteiger partial charge is 0.303 e. The van der Waals surface area contributed by atoms with Gasteiger partial charge in [-0.2, -0.15) is 0 Å². The molecule has 0 amide bonds. The van der Waals surface area contributed by atoms with Crippen molar-refractivity contribution in [3.8, 4) is 11.6 Å². The molecule has 2 aromatic rings. The summed E-state index contributed by atoms with van der Waals surface area (Å²) in [5.41, 5.74) is 3.89. The summed E-state index contributed by atoms with van der Waals surface area (Å²) in [5.74, 6) is 4.62. The van der Waals surface area contributed by atoms with Gasteiger partial charge < -0.3 is 4.52 Å². The zero-order chi connectivity index (χ0) is 19.3. The third kappa shape index (κ3) is 5.13. The lowest BCUT2D eigenvalue weighted by molar-refractivity contribution is 0.0515. The molecule has 0 N–H and O–H groups in total. The quantitative estimate of drug-likeness (QED) is 0.475. The summed E-state index contributed by atoms with van der Waals surface area (Å²) in [5, 5.41) is 0.689. The van der Waals surface area contributed by atoms with Gasteiger partial charge in [0.25, 0.3) is 0 Å². The van der Waals surface area contributed by atoms with Crippen molar-refractivity contribution in [3.63, 3.8) is 0 Å². The van der Waals surface area contributed by atoms with Crippen molar-refractivity contribution in [3.05, 3.63) is 66.2 Å². The van der Waals surface area contributed by atoms with Crippen LogP contribution in [0, 0.1) is 29.3 Å². The summed E-state index contributed by atoms with van der Waals surface area (Å²) in [4.78, 5) is 0. The van der Waals surface area contributed by atoms with Crippen LogP contribution in [0.3, 0.4) is 0 Å². The Morgan fingerprint density at radius 3 is 2.26 bits per heavy atom. The molecule has 0 radical (unpaired) electrons. The summed E-state index contributed by atoms with van der Waals surface area (Å²) >= 11 is 0. The van der Waals surface area contributed by atoms with Crippen molar-refractivity contribution in [2.75, 3.05) is 0 Å². The van der Waals surface area contributed by atoms with Gasteiger partial charge in [-0.25, -0.2) is 0 Å². The highest BCUT2D eigenvalue weighted by Gasteiger charge is 2.37. The molecule has 4 atom stereocenters. The van der Waals surface area contributed by atoms with E-state index in [1.807, 2.05) is 60.7 Å². The van der Waals surface area contributed by atoms with Crippen molar-refractivity contribution in [2.24, 2.45) is 17.8 Å². The van der Waals surface area contributed by atoms with E-state index >= 15 is 0 Å². The lowest BCUT2D eigenvalue weighted by atomic mass is 9.75. The van der Waals surface area contributed by atoms with Gasteiger partial charge in [0.05, 0.1) is 6.10 Å². The van der Waals surface area contributed by atoms with Gasteiger partial charge in [-0.1, -0.05) is 69.5 Å². The predicted octanol–water partition coefficient (Wildman–Crippen LogP) is 6.08. The molecular formula is C24H29O2P. The van der Waals surface area contributed by atoms with Crippen LogP contribution in [0.15, 0.2) is 60.7 Å². The Morgan fingerprint density at radius 2 is 1.63 bits per heavy atom. The van der Waals surface area contributed by atoms with Gasteiger partial charge in [0.1, 0.15) is 0 Å². The van der Waals surface area contributed by atoms with Crippen molar-refractivity contribution in [1.29, 1.82) is 0 Å². The zero-order valence-corrected chi connectivity index (χ0v) is 17.4. The lowest BCUT2D eigenvalue weighted by Crippen LogP contribution is -2.34. The zero-order valence-electron chi connectivity index (χ0n) is 16.5. The van der Waals surface area contributed by atoms with E-state index in [0.717, 1.165) is 18.4 Å². The van der Waals surface area contributed by atoms with Gasteiger partial charge in [0.2, 0.25) is 0 Å². The van der Waals surface area contributed by atoms with Gasteiger partial charge in [-0.05, 0) is 60.5 Å². The Labute approximate surface area is 163 Å². The maximum atomic E-state index is 13.9. The number of benzene rings is 2. The van der Waals surface area contributed by atoms with Gasteiger partial charge >= 0.3 is 7.37 Å². The molecular weight excluding hydrogens is 351 g/mol. The predicted molar refractivity (Wildman–Crippen MR) is 113 cm³/mol. The maximum Gasteiger partial charge on any atom is 0.303 e. The summed E-state index contributed by atoms with van der Waals surface area (Å²) in [6.07, 6.45) is 3.29. The Bertz CT molecular complexity index is 833. The second kappa shape index (κ2) is 8.92. The molecule has 142 valence electrons. The minimum atomic E-state index is -3.27. The first kappa shape index (κ1) is 19.9. The molecule has 1 aliphatic rings. The monoisotopic (exact) mass is 380 g/mol. The summed E-state index contributed by atoms with van der Waals surface area (Å²) in [6.45, 7) is 6.73. The van der Waals surface area contributed by atoms with E-state index < -0.39 is 7.37 Å². The number of hydrogen-bond acceptors (Lipinski definition) is 2. The molecule has 0 aromatic heterocycles. The fourth-order valence-electron chi connectivity index (χ4n) is 3.86. The summed E-state index contributed by atoms with van der Waals surface area (Å²) in [7, 11) is -3.27. The first-order valence-electron chi connectivity index (χ1n) is 9.90. The highest BCUT2D eigenvalue weighted by Crippen LogP contribution is 2.50. The normalized spacial score (nSPS) is 24.7. The van der Waals surface area contributed by atoms with Gasteiger partial charge in [-0.15, -0.1) is 0 Å². The minimum Gasteiger partial charge on any atom is -0.313 e. The highest BCUT2D eigenvalue weighted by molar-refractivity contribution is 7.71. The van der Waals surface area contributed by atoms with Gasteiger partial charge in [0.15, 0.2) is 0 Å². The fourth-order valence-corrected chi connectivity index (χ4v) is 5.63. The Balaban J connectivity index is 1.95. The van der Waals surface area contributed by atoms with E-state index in [1.165, 1.54) is 6.42 Å². The highest BCUT2D eigenvalue weighted by atomic mass is 31.2. The summed E-state index contributed by atoms with van der Waals surface area (Å²) < 4.78 is 20.3. The van der Waals surface area contributed by atoms with Crippen LogP contribution in [0.1, 0.15) is 45.6 Å². The molecule has 3 rings (SSSR count). The molecule has 2 nitrogen and oxygen atoms in total. The second-order valence-electron chi connectivity index (χ2n) is 7.96. The molecule has 0 saturated heterocycles. The van der Waals surface area contributed by atoms with Crippen LogP contribution >= 0.6 is 7.37 Å². The van der Waals surface area contributed by atoms with E-state index in [-0.39, 0.29) is 6.10 Å². The standard InChI is InChI=1S/C24H29O2P/c1-19(2)23-15-14-20(3)18-24(23)26-27(25,22-12-8-5-9-13-22)17-16-21-10-6-4-7-11-21/h4-13,19-20,23-24H,14-15,18H2,1-3H3/t20-,23-,24+,27?/m0/s1. The largest absolute Gasteiger partial charge is 0.313 e. The minimum absolute atomic E-state index is 0.00939. The van der Waals surface area contributed by atoms with E-state index in [1.54, 1.807) is 0 Å². The number of rotatable bonds is 4. The van der Waals surface area contributed by atoms with Gasteiger partial charge in [-0.3, -0.25) is 4.57 Å². The van der Waals surface area contributed by atoms with Crippen molar-refractivity contribution in [1.82, 2.24) is 0 Å².